The first-order valence-electron chi connectivity index (χ1n) is 6.09. The smallest absolute Gasteiger partial charge is 0.369 e. The largest absolute Gasteiger partial charge is 0.460 e. The number of anilines is 1. The standard InChI is InChI=1S/C13H14N4O4/c1-9(2)8-21-13(18)12(7-14)16-15-10-4-3-5-11(6-10)17(19)20/h3-6,9,15H,8H2,1-2H3/b16-12+. The molecule has 21 heavy (non-hydrogen) atoms. The summed E-state index contributed by atoms with van der Waals surface area (Å²) in [5.74, 6) is -0.706. The average molecular weight is 290 g/mol. The minimum atomic E-state index is -0.843. The number of nitrogens with one attached hydrogen (secondary N) is 1. The van der Waals surface area contributed by atoms with E-state index in [2.05, 4.69) is 10.5 Å². The molecule has 0 aromatic heterocycles. The van der Waals surface area contributed by atoms with E-state index in [-0.39, 0.29) is 23.9 Å². The molecule has 1 rings (SSSR count). The Morgan fingerprint density at radius 1 is 1.57 bits per heavy atom. The van der Waals surface area contributed by atoms with Crippen molar-refractivity contribution in [3.8, 4) is 6.07 Å². The van der Waals surface area contributed by atoms with Crippen molar-refractivity contribution in [2.75, 3.05) is 12.0 Å². The zero-order valence-corrected chi connectivity index (χ0v) is 11.6. The quantitative estimate of drug-likeness (QED) is 0.371. The topological polar surface area (TPSA) is 118 Å². The van der Waals surface area contributed by atoms with Crippen LogP contribution < -0.4 is 5.43 Å². The Bertz CT molecular complexity index is 604. The second-order valence-electron chi connectivity index (χ2n) is 4.48. The molecule has 1 aromatic carbocycles. The summed E-state index contributed by atoms with van der Waals surface area (Å²) in [6.45, 7) is 3.89. The summed E-state index contributed by atoms with van der Waals surface area (Å²) >= 11 is 0. The first-order valence-corrected chi connectivity index (χ1v) is 6.09. The van der Waals surface area contributed by atoms with Crippen molar-refractivity contribution in [2.45, 2.75) is 13.8 Å². The van der Waals surface area contributed by atoms with Gasteiger partial charge < -0.3 is 4.74 Å². The molecule has 110 valence electrons. The van der Waals surface area contributed by atoms with Gasteiger partial charge in [0.05, 0.1) is 17.2 Å². The molecule has 0 saturated carbocycles. The van der Waals surface area contributed by atoms with Crippen molar-refractivity contribution in [2.24, 2.45) is 11.0 Å². The number of hydrogen-bond acceptors (Lipinski definition) is 7. The molecule has 0 atom stereocenters. The van der Waals surface area contributed by atoms with E-state index in [4.69, 9.17) is 10.00 Å². The molecule has 8 heteroatoms. The lowest BCUT2D eigenvalue weighted by Crippen LogP contribution is -2.19. The number of carbonyl (C=O) groups is 1. The fraction of sp³-hybridized carbons (Fsp3) is 0.308. The third kappa shape index (κ3) is 5.28. The predicted molar refractivity (Wildman–Crippen MR) is 75.6 cm³/mol. The molecule has 1 N–H and O–H groups in total. The zero-order chi connectivity index (χ0) is 15.8. The number of esters is 1. The molecular weight excluding hydrogens is 276 g/mol. The van der Waals surface area contributed by atoms with Crippen molar-refractivity contribution in [1.29, 1.82) is 5.26 Å². The van der Waals surface area contributed by atoms with Gasteiger partial charge in [0, 0.05) is 12.1 Å². The van der Waals surface area contributed by atoms with E-state index in [1.807, 2.05) is 13.8 Å². The molecule has 0 heterocycles. The number of nitro benzene ring substituents is 1. The van der Waals surface area contributed by atoms with Gasteiger partial charge >= 0.3 is 5.97 Å². The number of benzene rings is 1. The fourth-order valence-corrected chi connectivity index (χ4v) is 1.24. The first-order chi connectivity index (χ1) is 9.93. The molecule has 0 saturated heterocycles. The first kappa shape index (κ1) is 16.1. The number of nitriles is 1. The summed E-state index contributed by atoms with van der Waals surface area (Å²) in [5, 5.41) is 23.1. The van der Waals surface area contributed by atoms with Gasteiger partial charge in [-0.3, -0.25) is 15.5 Å². The molecule has 0 fully saturated rings. The van der Waals surface area contributed by atoms with E-state index in [0.29, 0.717) is 0 Å². The molecule has 0 aliphatic carbocycles. The lowest BCUT2D eigenvalue weighted by molar-refractivity contribution is -0.384. The van der Waals surface area contributed by atoms with E-state index >= 15 is 0 Å². The highest BCUT2D eigenvalue weighted by atomic mass is 16.6. The average Bonchev–Trinajstić information content (AvgIpc) is 2.46. The van der Waals surface area contributed by atoms with Gasteiger partial charge in [-0.05, 0) is 12.0 Å². The molecule has 0 unspecified atom stereocenters. The van der Waals surface area contributed by atoms with Gasteiger partial charge in [-0.15, -0.1) is 0 Å². The van der Waals surface area contributed by atoms with Crippen LogP contribution in [0.3, 0.4) is 0 Å². The third-order valence-electron chi connectivity index (χ3n) is 2.20. The van der Waals surface area contributed by atoms with Gasteiger partial charge in [0.15, 0.2) is 0 Å². The molecule has 0 spiro atoms. The summed E-state index contributed by atoms with van der Waals surface area (Å²) in [6.07, 6.45) is 0. The molecule has 8 nitrogen and oxygen atoms in total. The lowest BCUT2D eigenvalue weighted by atomic mass is 10.2. The van der Waals surface area contributed by atoms with E-state index < -0.39 is 16.6 Å². The van der Waals surface area contributed by atoms with E-state index in [1.165, 1.54) is 24.3 Å². The Labute approximate surface area is 121 Å². The third-order valence-corrected chi connectivity index (χ3v) is 2.20. The molecule has 0 aliphatic heterocycles. The van der Waals surface area contributed by atoms with E-state index in [0.717, 1.165) is 0 Å². The van der Waals surface area contributed by atoms with Crippen LogP contribution in [0.15, 0.2) is 29.4 Å². The molecular formula is C13H14N4O4. The van der Waals surface area contributed by atoms with Crippen molar-refractivity contribution >= 4 is 23.1 Å². The maximum absolute atomic E-state index is 11.6. The Hall–Kier alpha value is -2.95. The van der Waals surface area contributed by atoms with Crippen molar-refractivity contribution < 1.29 is 14.5 Å². The summed E-state index contributed by atoms with van der Waals surface area (Å²) in [6, 6.07) is 7.14. The maximum atomic E-state index is 11.6. The van der Waals surface area contributed by atoms with E-state index in [9.17, 15) is 14.9 Å². The number of ether oxygens (including phenoxy) is 1. The fourth-order valence-electron chi connectivity index (χ4n) is 1.24. The van der Waals surface area contributed by atoms with Crippen molar-refractivity contribution in [1.82, 2.24) is 0 Å². The summed E-state index contributed by atoms with van der Waals surface area (Å²) in [4.78, 5) is 21.6. The second kappa shape index (κ2) is 7.59. The van der Waals surface area contributed by atoms with Gasteiger partial charge in [-0.2, -0.15) is 10.4 Å². The van der Waals surface area contributed by atoms with Crippen LogP contribution in [0.2, 0.25) is 0 Å². The van der Waals surface area contributed by atoms with Crippen LogP contribution in [0.1, 0.15) is 13.8 Å². The Morgan fingerprint density at radius 2 is 2.29 bits per heavy atom. The minimum Gasteiger partial charge on any atom is -0.460 e. The zero-order valence-electron chi connectivity index (χ0n) is 11.6. The highest BCUT2D eigenvalue weighted by Crippen LogP contribution is 2.16. The number of nitrogens with zero attached hydrogens (tertiary/aromatic N) is 3. The van der Waals surface area contributed by atoms with Crippen LogP contribution >= 0.6 is 0 Å². The van der Waals surface area contributed by atoms with Gasteiger partial charge in [0.25, 0.3) is 5.69 Å². The predicted octanol–water partition coefficient (Wildman–Crippen LogP) is 2.09. The highest BCUT2D eigenvalue weighted by molar-refractivity contribution is 6.43. The highest BCUT2D eigenvalue weighted by Gasteiger charge is 2.13. The molecule has 0 amide bonds. The monoisotopic (exact) mass is 290 g/mol. The molecule has 0 radical (unpaired) electrons. The number of hydrazone groups is 1. The number of rotatable bonds is 6. The van der Waals surface area contributed by atoms with Crippen LogP contribution in [0.4, 0.5) is 11.4 Å². The number of hydrogen-bond donors (Lipinski definition) is 1. The van der Waals surface area contributed by atoms with Crippen LogP contribution in [-0.4, -0.2) is 23.2 Å². The summed E-state index contributed by atoms with van der Waals surface area (Å²) in [7, 11) is 0. The Balaban J connectivity index is 2.77. The number of carbonyl (C=O) groups excluding carboxylic acids is 1. The number of nitro groups is 1. The van der Waals surface area contributed by atoms with Gasteiger partial charge in [-0.1, -0.05) is 19.9 Å². The summed E-state index contributed by atoms with van der Waals surface area (Å²) in [5.41, 5.74) is 2.12. The van der Waals surface area contributed by atoms with Crippen LogP contribution in [-0.2, 0) is 9.53 Å². The van der Waals surface area contributed by atoms with Crippen molar-refractivity contribution in [3.63, 3.8) is 0 Å². The molecule has 0 bridgehead atoms. The van der Waals surface area contributed by atoms with E-state index in [1.54, 1.807) is 6.07 Å². The normalized spacial score (nSPS) is 10.9. The number of non-ortho nitro benzene ring substituents is 1. The lowest BCUT2D eigenvalue weighted by Gasteiger charge is -2.05. The van der Waals surface area contributed by atoms with Crippen LogP contribution in [0.5, 0.6) is 0 Å². The second-order valence-corrected chi connectivity index (χ2v) is 4.48. The minimum absolute atomic E-state index is 0.129. The van der Waals surface area contributed by atoms with Crippen LogP contribution in [0, 0.1) is 27.4 Å². The Morgan fingerprint density at radius 3 is 2.86 bits per heavy atom. The summed E-state index contributed by atoms with van der Waals surface area (Å²) < 4.78 is 4.87. The van der Waals surface area contributed by atoms with Gasteiger partial charge in [-0.25, -0.2) is 4.79 Å². The maximum Gasteiger partial charge on any atom is 0.369 e. The van der Waals surface area contributed by atoms with Crippen molar-refractivity contribution in [3.05, 3.63) is 34.4 Å². The SMILES string of the molecule is CC(C)COC(=O)/C(C#N)=N/Nc1cccc([N+](=O)[O-])c1. The van der Waals surface area contributed by atoms with Gasteiger partial charge in [0.1, 0.15) is 6.07 Å². The van der Waals surface area contributed by atoms with Gasteiger partial charge in [0.2, 0.25) is 5.71 Å². The van der Waals surface area contributed by atoms with Crippen LogP contribution in [0.25, 0.3) is 0 Å². The molecule has 0 aliphatic rings. The molecule has 1 aromatic rings. The Kier molecular flexibility index (Phi) is 5.82.